The molecule has 0 unspecified atom stereocenters. The minimum Gasteiger partial charge on any atom is -0.466 e. The van der Waals surface area contributed by atoms with E-state index in [9.17, 15) is 0 Å². The number of aromatic nitrogens is 1. The van der Waals surface area contributed by atoms with E-state index in [4.69, 9.17) is 4.42 Å². The van der Waals surface area contributed by atoms with Crippen LogP contribution in [0.1, 0.15) is 201 Å². The summed E-state index contributed by atoms with van der Waals surface area (Å²) < 4.78 is 5.34. The zero-order chi connectivity index (χ0) is 77.5. The summed E-state index contributed by atoms with van der Waals surface area (Å²) in [7, 11) is 0. The minimum absolute atomic E-state index is 1.03. The van der Waals surface area contributed by atoms with Gasteiger partial charge in [0.05, 0.1) is 0 Å². The molecule has 0 fully saturated rings. The van der Waals surface area contributed by atoms with Crippen LogP contribution < -0.4 is 0 Å². The first-order chi connectivity index (χ1) is 48.8. The van der Waals surface area contributed by atoms with E-state index >= 15 is 0 Å². The van der Waals surface area contributed by atoms with Crippen LogP contribution in [0.2, 0.25) is 0 Å². The summed E-state index contributed by atoms with van der Waals surface area (Å²) in [5.74, 6) is 2.09. The van der Waals surface area contributed by atoms with Gasteiger partial charge in [0.15, 0.2) is 0 Å². The van der Waals surface area contributed by atoms with E-state index in [-0.39, 0.29) is 0 Å². The lowest BCUT2D eigenvalue weighted by molar-refractivity contribution is 0.501. The summed E-state index contributed by atoms with van der Waals surface area (Å²) in [5, 5.41) is 8.38. The minimum atomic E-state index is 1.03. The van der Waals surface area contributed by atoms with Gasteiger partial charge in [0, 0.05) is 11.4 Å². The number of aryl methyl sites for hydroxylation is 26. The van der Waals surface area contributed by atoms with E-state index in [0.29, 0.717) is 0 Å². The van der Waals surface area contributed by atoms with Gasteiger partial charge in [0.25, 0.3) is 0 Å². The van der Waals surface area contributed by atoms with Gasteiger partial charge in [-0.05, 0) is 445 Å². The van der Waals surface area contributed by atoms with Crippen molar-refractivity contribution in [3.8, 4) is 0 Å². The summed E-state index contributed by atoms with van der Waals surface area (Å²) in [6.07, 6.45) is 2.07. The molecule has 0 radical (unpaired) electrons. The van der Waals surface area contributed by atoms with Crippen molar-refractivity contribution in [2.24, 2.45) is 0 Å². The molecular weight excluding hydrogens is 1260 g/mol. The van der Waals surface area contributed by atoms with Crippen molar-refractivity contribution in [1.29, 1.82) is 0 Å². The van der Waals surface area contributed by atoms with E-state index in [2.05, 4.69) is 370 Å². The standard InChI is InChI=1S/2C17H20.3C14H16.C10H14.C8H13N.C8H12O/c1-12-5-7-16(9-14(12)3)11-17-8-6-13(2)15(4)10-17;1-12-7-5-9-16(14(12)3)11-17-10-6-8-13(2)15(17)4;1-9-5-13-7-11(3)12(4)8-14(13)6-10(9)2;1-9-5-7-14-12(4)10(2)6-8-13(14)11(9)3;1-9-5-6-11(3)14-12(4)8-7-10(2)13(9)14;1-7-5-9(3)10(4)6-8(7)2;2*1-5-6(2)8(4)9-7(5)3/h2*5-10H,11H2,1-4H3;3*5-8H,1-4H3;5-6H,1-4H3;9H,1-4H3;1-4H3. The topological polar surface area (TPSA) is 28.9 Å². The van der Waals surface area contributed by atoms with Crippen molar-refractivity contribution < 1.29 is 4.42 Å². The molecule has 0 amide bonds. The third-order valence-corrected chi connectivity index (χ3v) is 22.8. The molecule has 0 aliphatic carbocycles. The predicted molar refractivity (Wildman–Crippen MR) is 461 cm³/mol. The van der Waals surface area contributed by atoms with Crippen molar-refractivity contribution in [3.05, 3.63) is 359 Å². The van der Waals surface area contributed by atoms with Gasteiger partial charge in [0.1, 0.15) is 11.5 Å². The average molecular weight is 1380 g/mol. The molecule has 2 nitrogen and oxygen atoms in total. The molecule has 104 heavy (non-hydrogen) atoms. The number of nitrogens with one attached hydrogen (secondary N) is 1. The Kier molecular flexibility index (Phi) is 30.1. The molecule has 13 aromatic rings. The second kappa shape index (κ2) is 37.5. The first kappa shape index (κ1) is 83.7. The number of fused-ring (bicyclic) bond motifs is 3. The Morgan fingerprint density at radius 1 is 0.212 bits per heavy atom. The smallest absolute Gasteiger partial charge is 0.104 e. The number of benzene rings is 11. The summed E-state index contributed by atoms with van der Waals surface area (Å²) >= 11 is 0. The highest BCUT2D eigenvalue weighted by molar-refractivity contribution is 5.94. The number of H-pyrrole nitrogens is 1. The molecule has 2 heteroatoms. The molecular formula is C102H127NO. The lowest BCUT2D eigenvalue weighted by Gasteiger charge is -2.12. The first-order valence-corrected chi connectivity index (χ1v) is 37.6. The predicted octanol–water partition coefficient (Wildman–Crippen LogP) is 28.9. The highest BCUT2D eigenvalue weighted by Crippen LogP contribution is 2.30. The van der Waals surface area contributed by atoms with Gasteiger partial charge in [0.2, 0.25) is 0 Å². The van der Waals surface area contributed by atoms with Gasteiger partial charge >= 0.3 is 0 Å². The molecule has 0 atom stereocenters. The zero-order valence-electron chi connectivity index (χ0n) is 70.3. The van der Waals surface area contributed by atoms with Crippen molar-refractivity contribution in [3.63, 3.8) is 0 Å². The first-order valence-electron chi connectivity index (χ1n) is 37.6. The molecule has 0 saturated carbocycles. The van der Waals surface area contributed by atoms with Crippen molar-refractivity contribution in [2.45, 2.75) is 234 Å². The zero-order valence-corrected chi connectivity index (χ0v) is 70.3. The Hall–Kier alpha value is -9.24. The Morgan fingerprint density at radius 2 is 0.481 bits per heavy atom. The molecule has 11 aromatic carbocycles. The summed E-state index contributed by atoms with van der Waals surface area (Å²) in [6.45, 7) is 68.9. The second-order valence-corrected chi connectivity index (χ2v) is 30.5. The van der Waals surface area contributed by atoms with E-state index in [1.807, 2.05) is 13.8 Å². The molecule has 1 N–H and O–H groups in total. The average Bonchev–Trinajstić information content (AvgIpc) is 1.18. The summed E-state index contributed by atoms with van der Waals surface area (Å²) in [6, 6.07) is 58.0. The lowest BCUT2D eigenvalue weighted by Crippen LogP contribution is -1.97. The van der Waals surface area contributed by atoms with E-state index in [1.165, 1.54) is 222 Å². The highest BCUT2D eigenvalue weighted by atomic mass is 16.3. The van der Waals surface area contributed by atoms with Crippen LogP contribution in [-0.4, -0.2) is 4.98 Å². The quantitative estimate of drug-likeness (QED) is 0.187. The Labute approximate surface area is 630 Å². The SMILES string of the molecule is Cc1[nH]c(C)c(C)c1C.Cc1cc(C)c(C)cc1C.Cc1cc2cc(C)c(C)cc2cc1C.Cc1ccc(C)c2c(C)ccc(C)c12.Cc1ccc(Cc2ccc(C)c(C)c2)cc1C.Cc1ccc2c(C)c(C)ccc2c1C.Cc1cccc(Cc2cccc(C)c2C)c1C.Cc1oc(C)c(C)c1C. The Bertz CT molecular complexity index is 4670. The van der Waals surface area contributed by atoms with Gasteiger partial charge in [-0.1, -0.05) is 158 Å². The number of aromatic amines is 1. The summed E-state index contributed by atoms with van der Waals surface area (Å²) in [4.78, 5) is 3.28. The van der Waals surface area contributed by atoms with Gasteiger partial charge < -0.3 is 9.40 Å². The molecule has 13 rings (SSSR count). The van der Waals surface area contributed by atoms with Gasteiger partial charge in [-0.2, -0.15) is 0 Å². The number of hydrogen-bond acceptors (Lipinski definition) is 1. The third kappa shape index (κ3) is 21.9. The molecule has 2 aromatic heterocycles. The lowest BCUT2D eigenvalue weighted by atomic mass is 9.93. The molecule has 0 spiro atoms. The van der Waals surface area contributed by atoms with Gasteiger partial charge in [-0.3, -0.25) is 0 Å². The third-order valence-electron chi connectivity index (χ3n) is 22.8. The number of furan rings is 1. The maximum absolute atomic E-state index is 5.34. The van der Waals surface area contributed by atoms with Gasteiger partial charge in [-0.25, -0.2) is 0 Å². The Balaban J connectivity index is 0.000000188. The van der Waals surface area contributed by atoms with Gasteiger partial charge in [-0.15, -0.1) is 0 Å². The van der Waals surface area contributed by atoms with Crippen LogP contribution in [0, 0.1) is 222 Å². The fourth-order valence-electron chi connectivity index (χ4n) is 13.3. The number of hydrogen-bond donors (Lipinski definition) is 1. The van der Waals surface area contributed by atoms with Crippen LogP contribution in [0.3, 0.4) is 0 Å². The van der Waals surface area contributed by atoms with Crippen LogP contribution in [0.25, 0.3) is 32.3 Å². The fraction of sp³-hybridized carbons (Fsp3) is 0.333. The molecule has 0 saturated heterocycles. The maximum Gasteiger partial charge on any atom is 0.104 e. The summed E-state index contributed by atoms with van der Waals surface area (Å²) in [5.41, 5.74) is 46.9. The molecule has 546 valence electrons. The van der Waals surface area contributed by atoms with Crippen LogP contribution >= 0.6 is 0 Å². The maximum atomic E-state index is 5.34. The van der Waals surface area contributed by atoms with E-state index in [0.717, 1.165) is 24.4 Å². The fourth-order valence-corrected chi connectivity index (χ4v) is 13.3. The Morgan fingerprint density at radius 3 is 0.750 bits per heavy atom. The number of rotatable bonds is 4. The van der Waals surface area contributed by atoms with E-state index in [1.54, 1.807) is 0 Å². The highest BCUT2D eigenvalue weighted by Gasteiger charge is 2.11. The van der Waals surface area contributed by atoms with Crippen LogP contribution in [0.4, 0.5) is 0 Å². The largest absolute Gasteiger partial charge is 0.466 e. The molecule has 0 aliphatic rings. The molecule has 0 aliphatic heterocycles. The van der Waals surface area contributed by atoms with Crippen LogP contribution in [0.15, 0.2) is 162 Å². The molecule has 0 bridgehead atoms. The monoisotopic (exact) mass is 1380 g/mol. The van der Waals surface area contributed by atoms with Crippen LogP contribution in [0.5, 0.6) is 0 Å². The second-order valence-electron chi connectivity index (χ2n) is 30.5. The van der Waals surface area contributed by atoms with Crippen molar-refractivity contribution >= 4 is 32.3 Å². The van der Waals surface area contributed by atoms with Crippen LogP contribution in [-0.2, 0) is 12.8 Å². The van der Waals surface area contributed by atoms with Crippen molar-refractivity contribution in [1.82, 2.24) is 4.98 Å². The molecule has 2 heterocycles. The normalized spacial score (nSPS) is 10.6. The van der Waals surface area contributed by atoms with E-state index < -0.39 is 0 Å². The van der Waals surface area contributed by atoms with Crippen molar-refractivity contribution in [2.75, 3.05) is 0 Å².